The first kappa shape index (κ1) is 17.5. The van der Waals surface area contributed by atoms with Gasteiger partial charge in [-0.15, -0.1) is 0 Å². The average Bonchev–Trinajstić information content (AvgIpc) is 3.05. The van der Waals surface area contributed by atoms with Crippen LogP contribution in [0.15, 0.2) is 0 Å². The van der Waals surface area contributed by atoms with Crippen molar-refractivity contribution in [2.75, 3.05) is 0 Å². The minimum atomic E-state index is -0.574. The molecular weight excluding hydrogens is 318 g/mol. The molecule has 8 unspecified atom stereocenters. The second kappa shape index (κ2) is 8.19. The topological polar surface area (TPSA) is 47.9 Å². The van der Waals surface area contributed by atoms with Crippen LogP contribution in [0.3, 0.4) is 0 Å². The van der Waals surface area contributed by atoms with Gasteiger partial charge >= 0.3 is 0 Å². The van der Waals surface area contributed by atoms with E-state index < -0.39 is 6.29 Å². The van der Waals surface area contributed by atoms with Gasteiger partial charge in [0.05, 0.1) is 18.3 Å². The van der Waals surface area contributed by atoms with Crippen molar-refractivity contribution in [3.8, 4) is 0 Å². The van der Waals surface area contributed by atoms with Crippen LogP contribution < -0.4 is 0 Å². The van der Waals surface area contributed by atoms with E-state index in [1.807, 2.05) is 0 Å². The first-order valence-electron chi connectivity index (χ1n) is 8.77. The summed E-state index contributed by atoms with van der Waals surface area (Å²) < 4.78 is 17.0. The molecule has 0 aromatic rings. The molecule has 2 saturated carbocycles. The van der Waals surface area contributed by atoms with E-state index in [4.69, 9.17) is 13.8 Å². The highest BCUT2D eigenvalue weighted by Gasteiger charge is 2.49. The van der Waals surface area contributed by atoms with Gasteiger partial charge in [-0.3, -0.25) is 0 Å². The standard InChI is InChI=1S/C16H30O4P2/c17-16-8-12-11(15(20-22)9-14(12)18-16)6-7-13(19-21)10-4-2-1-3-5-10/h10-17H,1-9,21-22H2. The van der Waals surface area contributed by atoms with Gasteiger partial charge in [-0.1, -0.05) is 19.3 Å². The van der Waals surface area contributed by atoms with Crippen molar-refractivity contribution in [3.63, 3.8) is 0 Å². The number of hydrogen-bond acceptors (Lipinski definition) is 4. The molecule has 1 heterocycles. The molecule has 0 aromatic heterocycles. The molecule has 4 nitrogen and oxygen atoms in total. The first-order chi connectivity index (χ1) is 10.7. The Bertz CT molecular complexity index is 351. The highest BCUT2D eigenvalue weighted by atomic mass is 31.0. The van der Waals surface area contributed by atoms with E-state index >= 15 is 0 Å². The van der Waals surface area contributed by atoms with E-state index in [1.165, 1.54) is 32.1 Å². The van der Waals surface area contributed by atoms with E-state index in [9.17, 15) is 5.11 Å². The van der Waals surface area contributed by atoms with Crippen molar-refractivity contribution in [2.24, 2.45) is 17.8 Å². The smallest absolute Gasteiger partial charge is 0.155 e. The number of hydrogen-bond donors (Lipinski definition) is 1. The predicted octanol–water partition coefficient (Wildman–Crippen LogP) is 3.44. The molecule has 3 fully saturated rings. The SMILES string of the molecule is OC1CC2C(CC(OP)C2CCC(OP)C2CCCCC2)O1. The van der Waals surface area contributed by atoms with Crippen LogP contribution in [0.25, 0.3) is 0 Å². The Morgan fingerprint density at radius 3 is 2.59 bits per heavy atom. The summed E-state index contributed by atoms with van der Waals surface area (Å²) in [7, 11) is 4.90. The zero-order chi connectivity index (χ0) is 15.5. The first-order valence-corrected chi connectivity index (χ1v) is 9.71. The number of fused-ring (bicyclic) bond motifs is 1. The summed E-state index contributed by atoms with van der Waals surface area (Å²) in [6.45, 7) is 0. The maximum Gasteiger partial charge on any atom is 0.155 e. The third-order valence-corrected chi connectivity index (χ3v) is 6.78. The van der Waals surface area contributed by atoms with Gasteiger partial charge in [-0.25, -0.2) is 0 Å². The number of ether oxygens (including phenoxy) is 1. The van der Waals surface area contributed by atoms with Crippen molar-refractivity contribution in [2.45, 2.75) is 82.4 Å². The van der Waals surface area contributed by atoms with Gasteiger partial charge in [0.25, 0.3) is 0 Å². The molecular formula is C16H30O4P2. The summed E-state index contributed by atoms with van der Waals surface area (Å²) in [5, 5.41) is 9.74. The van der Waals surface area contributed by atoms with E-state index in [0.717, 1.165) is 25.7 Å². The molecule has 0 aromatic carbocycles. The van der Waals surface area contributed by atoms with E-state index in [0.29, 0.717) is 23.9 Å². The summed E-state index contributed by atoms with van der Waals surface area (Å²) in [6.07, 6.45) is 10.7. The normalized spacial score (nSPS) is 40.8. The minimum Gasteiger partial charge on any atom is -0.368 e. The van der Waals surface area contributed by atoms with Crippen molar-refractivity contribution < 1.29 is 18.9 Å². The van der Waals surface area contributed by atoms with Gasteiger partial charge < -0.3 is 18.9 Å². The van der Waals surface area contributed by atoms with Crippen LogP contribution in [0.4, 0.5) is 0 Å². The molecule has 1 N–H and O–H groups in total. The molecule has 6 heteroatoms. The second-order valence-electron chi connectivity index (χ2n) is 7.25. The summed E-state index contributed by atoms with van der Waals surface area (Å²) in [6, 6.07) is 0. The Balaban J connectivity index is 1.56. The minimum absolute atomic E-state index is 0.176. The van der Waals surface area contributed by atoms with Crippen molar-refractivity contribution in [1.82, 2.24) is 0 Å². The van der Waals surface area contributed by atoms with Gasteiger partial charge in [-0.2, -0.15) is 0 Å². The highest BCUT2D eigenvalue weighted by molar-refractivity contribution is 7.10. The van der Waals surface area contributed by atoms with Crippen molar-refractivity contribution in [1.29, 1.82) is 0 Å². The van der Waals surface area contributed by atoms with Crippen molar-refractivity contribution in [3.05, 3.63) is 0 Å². The van der Waals surface area contributed by atoms with E-state index in [2.05, 4.69) is 18.9 Å². The second-order valence-corrected chi connectivity index (χ2v) is 7.80. The lowest BCUT2D eigenvalue weighted by Crippen LogP contribution is -2.27. The van der Waals surface area contributed by atoms with E-state index in [-0.39, 0.29) is 12.2 Å². The van der Waals surface area contributed by atoms with Gasteiger partial charge in [0.2, 0.25) is 0 Å². The van der Waals surface area contributed by atoms with Crippen LogP contribution in [0.1, 0.15) is 57.8 Å². The van der Waals surface area contributed by atoms with Crippen LogP contribution in [0.5, 0.6) is 0 Å². The van der Waals surface area contributed by atoms with Crippen molar-refractivity contribution >= 4 is 18.9 Å². The molecule has 0 amide bonds. The number of aliphatic hydroxyl groups excluding tert-OH is 1. The molecule has 1 aliphatic heterocycles. The summed E-state index contributed by atoms with van der Waals surface area (Å²) in [5.41, 5.74) is 0. The van der Waals surface area contributed by atoms with E-state index in [1.54, 1.807) is 0 Å². The fourth-order valence-electron chi connectivity index (χ4n) is 4.94. The molecule has 3 aliphatic rings. The zero-order valence-electron chi connectivity index (χ0n) is 13.2. The number of aliphatic hydroxyl groups is 1. The lowest BCUT2D eigenvalue weighted by Gasteiger charge is -2.31. The lowest BCUT2D eigenvalue weighted by atomic mass is 9.81. The maximum absolute atomic E-state index is 9.74. The molecule has 2 aliphatic carbocycles. The van der Waals surface area contributed by atoms with Gasteiger partial charge in [-0.05, 0) is 43.4 Å². The molecule has 0 radical (unpaired) electrons. The lowest BCUT2D eigenvalue weighted by molar-refractivity contribution is -0.0939. The molecule has 0 spiro atoms. The third kappa shape index (κ3) is 3.85. The molecule has 3 rings (SSSR count). The molecule has 22 heavy (non-hydrogen) atoms. The van der Waals surface area contributed by atoms with Crippen LogP contribution >= 0.6 is 18.9 Å². The quantitative estimate of drug-likeness (QED) is 0.747. The molecule has 128 valence electrons. The zero-order valence-corrected chi connectivity index (χ0v) is 15.5. The summed E-state index contributed by atoms with van der Waals surface area (Å²) in [4.78, 5) is 0. The van der Waals surface area contributed by atoms with Crippen LogP contribution in [0, 0.1) is 17.8 Å². The van der Waals surface area contributed by atoms with Crippen LogP contribution in [-0.4, -0.2) is 29.7 Å². The van der Waals surface area contributed by atoms with Crippen LogP contribution in [0.2, 0.25) is 0 Å². The number of rotatable bonds is 6. The van der Waals surface area contributed by atoms with Gasteiger partial charge in [0, 0.05) is 31.8 Å². The third-order valence-electron chi connectivity index (χ3n) is 6.09. The van der Waals surface area contributed by atoms with Crippen LogP contribution in [-0.2, 0) is 13.8 Å². The highest BCUT2D eigenvalue weighted by Crippen LogP contribution is 2.47. The average molecular weight is 348 g/mol. The summed E-state index contributed by atoms with van der Waals surface area (Å²) >= 11 is 0. The monoisotopic (exact) mass is 348 g/mol. The largest absolute Gasteiger partial charge is 0.368 e. The molecule has 8 atom stereocenters. The Labute approximate surface area is 138 Å². The Hall–Kier alpha value is 0.700. The molecule has 1 saturated heterocycles. The van der Waals surface area contributed by atoms with Gasteiger partial charge in [0.15, 0.2) is 6.29 Å². The molecule has 0 bridgehead atoms. The Morgan fingerprint density at radius 1 is 1.14 bits per heavy atom. The fraction of sp³-hybridized carbons (Fsp3) is 1.00. The maximum atomic E-state index is 9.74. The van der Waals surface area contributed by atoms with Gasteiger partial charge in [0.1, 0.15) is 0 Å². The Kier molecular flexibility index (Phi) is 6.52. The fourth-order valence-corrected chi connectivity index (χ4v) is 5.61. The predicted molar refractivity (Wildman–Crippen MR) is 92.1 cm³/mol. The summed E-state index contributed by atoms with van der Waals surface area (Å²) in [5.74, 6) is 1.63. The Morgan fingerprint density at radius 2 is 1.91 bits per heavy atom.